The summed E-state index contributed by atoms with van der Waals surface area (Å²) in [7, 11) is 1.62. The average molecular weight is 863 g/mol. The maximum atomic E-state index is 6.72. The fourth-order valence-corrected chi connectivity index (χ4v) is 7.21. The Kier molecular flexibility index (Phi) is 8.26. The normalized spacial score (nSPS) is 12.5. The molecule has 258 valence electrons. The van der Waals surface area contributed by atoms with Crippen molar-refractivity contribution < 1.29 is 40.0 Å². The van der Waals surface area contributed by atoms with Crippen LogP contribution in [0.25, 0.3) is 28.1 Å². The summed E-state index contributed by atoms with van der Waals surface area (Å²) in [5.41, 5.74) is 9.90. The third kappa shape index (κ3) is 5.57. The molecule has 52 heavy (non-hydrogen) atoms. The summed E-state index contributed by atoms with van der Waals surface area (Å²) in [5, 5.41) is 0. The van der Waals surface area contributed by atoms with Gasteiger partial charge in [-0.1, -0.05) is 51.1 Å². The monoisotopic (exact) mass is 862 g/mol. The standard InChI is InChI=1S/C43H34BN3O4.Pt/c1-25-10-9-11-26(2)41(25)47-34-13-8-7-12-33(34)46-42(47)27-14-16-35-31(20-27)44-32-23-30(49-39-24-29(48-6)18-19-45-39)15-17-36(32)51-38-22-28(43(3,4)5)21-37(50-35)40(38)44;/h7-19,21-22,24H,1-6H3;/q-2;+2. The molecule has 7 aromatic rings. The van der Waals surface area contributed by atoms with Gasteiger partial charge in [0, 0.05) is 40.7 Å². The Morgan fingerprint density at radius 1 is 0.769 bits per heavy atom. The van der Waals surface area contributed by atoms with Crippen molar-refractivity contribution in [1.29, 1.82) is 0 Å². The van der Waals surface area contributed by atoms with E-state index >= 15 is 0 Å². The van der Waals surface area contributed by atoms with Gasteiger partial charge < -0.3 is 23.5 Å². The van der Waals surface area contributed by atoms with E-state index < -0.39 is 0 Å². The number of benzene rings is 5. The van der Waals surface area contributed by atoms with Crippen molar-refractivity contribution in [3.05, 3.63) is 126 Å². The van der Waals surface area contributed by atoms with Crippen LogP contribution >= 0.6 is 0 Å². The number of imidazole rings is 1. The van der Waals surface area contributed by atoms with Gasteiger partial charge in [-0.2, -0.15) is 0 Å². The predicted octanol–water partition coefficient (Wildman–Crippen LogP) is 8.13. The maximum Gasteiger partial charge on any atom is 2.00 e. The predicted molar refractivity (Wildman–Crippen MR) is 201 cm³/mol. The van der Waals surface area contributed by atoms with Crippen LogP contribution in [0.5, 0.6) is 40.4 Å². The molecule has 2 aliphatic heterocycles. The van der Waals surface area contributed by atoms with E-state index in [1.54, 1.807) is 25.4 Å². The van der Waals surface area contributed by atoms with Crippen LogP contribution in [0.1, 0.15) is 37.5 Å². The number of aromatic nitrogens is 3. The van der Waals surface area contributed by atoms with E-state index in [2.05, 4.69) is 111 Å². The van der Waals surface area contributed by atoms with Gasteiger partial charge in [-0.15, -0.1) is 52.9 Å². The maximum absolute atomic E-state index is 6.72. The van der Waals surface area contributed by atoms with E-state index in [0.717, 1.165) is 67.3 Å². The van der Waals surface area contributed by atoms with Crippen LogP contribution in [0, 0.1) is 26.0 Å². The Labute approximate surface area is 317 Å². The topological polar surface area (TPSA) is 67.6 Å². The SMILES string of the molecule is COc1ccnc(Oc2[c-]c3c(cc2)Oc2cc(C(C)(C)C)cc4c2B3c2[c-]c(-c3nc5ccccc5n3-c3c(C)cccc3C)ccc2O4)c1.[Pt+2]. The van der Waals surface area contributed by atoms with Crippen LogP contribution in [-0.2, 0) is 26.5 Å². The third-order valence-corrected chi connectivity index (χ3v) is 9.74. The third-order valence-electron chi connectivity index (χ3n) is 9.74. The van der Waals surface area contributed by atoms with Crippen LogP contribution in [0.3, 0.4) is 0 Å². The summed E-state index contributed by atoms with van der Waals surface area (Å²) < 4.78 is 27.2. The van der Waals surface area contributed by atoms with Gasteiger partial charge in [-0.25, -0.2) is 4.98 Å². The molecule has 0 spiro atoms. The molecule has 2 aromatic heterocycles. The number of nitrogens with zero attached hydrogens (tertiary/aromatic N) is 3. The molecule has 0 unspecified atom stereocenters. The van der Waals surface area contributed by atoms with E-state index in [9.17, 15) is 0 Å². The number of ether oxygens (including phenoxy) is 4. The molecule has 0 radical (unpaired) electrons. The zero-order valence-corrected chi connectivity index (χ0v) is 31.9. The first kappa shape index (κ1) is 33.8. The van der Waals surface area contributed by atoms with Crippen LogP contribution in [0.2, 0.25) is 0 Å². The molecular formula is C43H34BN3O4Pt. The molecule has 0 aliphatic carbocycles. The fraction of sp³-hybridized carbons (Fsp3) is 0.163. The number of aryl methyl sites for hydroxylation is 2. The molecule has 7 nitrogen and oxygen atoms in total. The van der Waals surface area contributed by atoms with E-state index in [4.69, 9.17) is 23.9 Å². The first-order chi connectivity index (χ1) is 24.7. The second-order valence-corrected chi connectivity index (χ2v) is 14.2. The molecule has 0 saturated heterocycles. The Bertz CT molecular complexity index is 2500. The molecule has 0 bridgehead atoms. The van der Waals surface area contributed by atoms with Gasteiger partial charge in [0.05, 0.1) is 24.0 Å². The van der Waals surface area contributed by atoms with Crippen LogP contribution in [-0.4, -0.2) is 28.4 Å². The molecule has 5 aromatic carbocycles. The number of hydrogen-bond acceptors (Lipinski definition) is 6. The van der Waals surface area contributed by atoms with Crippen molar-refractivity contribution in [3.8, 4) is 57.5 Å². The Morgan fingerprint density at radius 3 is 2.17 bits per heavy atom. The Balaban J connectivity index is 0.00000387. The summed E-state index contributed by atoms with van der Waals surface area (Å²) in [6, 6.07) is 37.7. The molecule has 9 heteroatoms. The zero-order valence-electron chi connectivity index (χ0n) is 29.6. The summed E-state index contributed by atoms with van der Waals surface area (Å²) in [6.07, 6.45) is 1.65. The van der Waals surface area contributed by atoms with Crippen molar-refractivity contribution in [2.24, 2.45) is 0 Å². The summed E-state index contributed by atoms with van der Waals surface area (Å²) in [5.74, 6) is 5.33. The van der Waals surface area contributed by atoms with E-state index in [1.807, 2.05) is 24.3 Å². The second-order valence-electron chi connectivity index (χ2n) is 14.2. The number of pyridine rings is 1. The van der Waals surface area contributed by atoms with Crippen molar-refractivity contribution in [1.82, 2.24) is 14.5 Å². The molecule has 0 saturated carbocycles. The van der Waals surface area contributed by atoms with Gasteiger partial charge in [0.1, 0.15) is 17.2 Å². The summed E-state index contributed by atoms with van der Waals surface area (Å²) in [4.78, 5) is 9.58. The van der Waals surface area contributed by atoms with Gasteiger partial charge in [0.25, 0.3) is 0 Å². The summed E-state index contributed by atoms with van der Waals surface area (Å²) >= 11 is 0. The van der Waals surface area contributed by atoms with Gasteiger partial charge >= 0.3 is 21.1 Å². The summed E-state index contributed by atoms with van der Waals surface area (Å²) in [6.45, 7) is 10.6. The van der Waals surface area contributed by atoms with Gasteiger partial charge in [0.15, 0.2) is 0 Å². The zero-order chi connectivity index (χ0) is 35.0. The Hall–Kier alpha value is -5.33. The van der Waals surface area contributed by atoms with Crippen molar-refractivity contribution in [3.63, 3.8) is 0 Å². The van der Waals surface area contributed by atoms with Crippen LogP contribution in [0.4, 0.5) is 0 Å². The molecule has 0 fully saturated rings. The van der Waals surface area contributed by atoms with Gasteiger partial charge in [-0.3, -0.25) is 4.98 Å². The van der Waals surface area contributed by atoms with Crippen molar-refractivity contribution in [2.45, 2.75) is 40.0 Å². The minimum Gasteiger partial charge on any atom is -0.518 e. The minimum absolute atomic E-state index is 0. The quantitative estimate of drug-likeness (QED) is 0.129. The minimum atomic E-state index is -0.295. The largest absolute Gasteiger partial charge is 2.00 e. The van der Waals surface area contributed by atoms with Gasteiger partial charge in [0.2, 0.25) is 12.6 Å². The van der Waals surface area contributed by atoms with Crippen LogP contribution in [0.15, 0.2) is 97.2 Å². The number of hydrogen-bond donors (Lipinski definition) is 0. The van der Waals surface area contributed by atoms with Crippen molar-refractivity contribution >= 4 is 34.1 Å². The number of para-hydroxylation sites is 3. The molecule has 0 atom stereocenters. The van der Waals surface area contributed by atoms with E-state index in [-0.39, 0.29) is 33.2 Å². The fourth-order valence-electron chi connectivity index (χ4n) is 7.21. The molecular weight excluding hydrogens is 828 g/mol. The number of fused-ring (bicyclic) bond motifs is 5. The van der Waals surface area contributed by atoms with Gasteiger partial charge in [-0.05, 0) is 66.3 Å². The molecule has 0 N–H and O–H groups in total. The smallest absolute Gasteiger partial charge is 0.518 e. The first-order valence-corrected chi connectivity index (χ1v) is 17.0. The second kappa shape index (κ2) is 12.7. The molecule has 0 amide bonds. The molecule has 9 rings (SSSR count). The molecule has 4 heterocycles. The Morgan fingerprint density at radius 2 is 1.46 bits per heavy atom. The van der Waals surface area contributed by atoms with E-state index in [1.165, 1.54) is 11.1 Å². The molecule has 2 aliphatic rings. The number of rotatable bonds is 5. The van der Waals surface area contributed by atoms with Crippen LogP contribution < -0.4 is 35.3 Å². The number of methoxy groups -OCH3 is 1. The average Bonchev–Trinajstić information content (AvgIpc) is 3.50. The van der Waals surface area contributed by atoms with Crippen molar-refractivity contribution in [2.75, 3.05) is 7.11 Å². The first-order valence-electron chi connectivity index (χ1n) is 17.0. The van der Waals surface area contributed by atoms with E-state index in [0.29, 0.717) is 23.1 Å².